The lowest BCUT2D eigenvalue weighted by atomic mass is 10.00. The summed E-state index contributed by atoms with van der Waals surface area (Å²) >= 11 is 0. The Kier molecular flexibility index (Phi) is 10.8. The molecule has 18 heavy (non-hydrogen) atoms. The lowest BCUT2D eigenvalue weighted by Crippen LogP contribution is -2.08. The van der Waals surface area contributed by atoms with Crippen molar-refractivity contribution in [2.75, 3.05) is 13.6 Å². The van der Waals surface area contributed by atoms with Gasteiger partial charge in [0.15, 0.2) is 0 Å². The first-order chi connectivity index (χ1) is 8.65. The Balaban J connectivity index is 4.43. The maximum atomic E-state index is 3.95. The highest BCUT2D eigenvalue weighted by molar-refractivity contribution is 5.32. The van der Waals surface area contributed by atoms with Gasteiger partial charge in [0.1, 0.15) is 0 Å². The van der Waals surface area contributed by atoms with Crippen LogP contribution in [0.3, 0.4) is 0 Å². The molecule has 0 aliphatic heterocycles. The molecule has 0 aliphatic carbocycles. The molecule has 0 saturated carbocycles. The van der Waals surface area contributed by atoms with Crippen LogP contribution in [0.1, 0.15) is 59.3 Å². The zero-order chi connectivity index (χ0) is 13.8. The summed E-state index contributed by atoms with van der Waals surface area (Å²) in [6.45, 7) is 11.6. The molecule has 0 aromatic heterocycles. The van der Waals surface area contributed by atoms with Crippen molar-refractivity contribution < 1.29 is 0 Å². The molecule has 0 rings (SSSR count). The van der Waals surface area contributed by atoms with Gasteiger partial charge in [-0.15, -0.1) is 0 Å². The van der Waals surface area contributed by atoms with Gasteiger partial charge in [-0.25, -0.2) is 0 Å². The van der Waals surface area contributed by atoms with Crippen molar-refractivity contribution in [3.05, 3.63) is 35.5 Å². The van der Waals surface area contributed by atoms with Gasteiger partial charge in [-0.2, -0.15) is 0 Å². The largest absolute Gasteiger partial charge is 0.319 e. The predicted octanol–water partition coefficient (Wildman–Crippen LogP) is 5.02. The van der Waals surface area contributed by atoms with E-state index in [0.29, 0.717) is 0 Å². The second-order valence-corrected chi connectivity index (χ2v) is 5.11. The fourth-order valence-electron chi connectivity index (χ4n) is 1.94. The second kappa shape index (κ2) is 11.3. The van der Waals surface area contributed by atoms with Crippen molar-refractivity contribution in [2.24, 2.45) is 0 Å². The molecule has 0 atom stereocenters. The van der Waals surface area contributed by atoms with E-state index in [1.807, 2.05) is 13.1 Å². The van der Waals surface area contributed by atoms with E-state index in [4.69, 9.17) is 0 Å². The highest BCUT2D eigenvalue weighted by Crippen LogP contribution is 2.17. The Hall–Kier alpha value is -0.820. The van der Waals surface area contributed by atoms with Crippen LogP contribution in [0.25, 0.3) is 0 Å². The predicted molar refractivity (Wildman–Crippen MR) is 84.0 cm³/mol. The highest BCUT2D eigenvalue weighted by atomic mass is 14.8. The fourth-order valence-corrected chi connectivity index (χ4v) is 1.94. The average molecular weight is 249 g/mol. The Morgan fingerprint density at radius 2 is 1.83 bits per heavy atom. The smallest absolute Gasteiger partial charge is 0.00114 e. The molecule has 0 saturated heterocycles. The quantitative estimate of drug-likeness (QED) is 0.423. The summed E-state index contributed by atoms with van der Waals surface area (Å²) in [5.74, 6) is 0. The van der Waals surface area contributed by atoms with Crippen LogP contribution in [0, 0.1) is 0 Å². The fraction of sp³-hybridized carbons (Fsp3) is 0.647. The molecule has 0 aromatic carbocycles. The molecule has 0 aromatic rings. The van der Waals surface area contributed by atoms with Gasteiger partial charge in [-0.3, -0.25) is 0 Å². The Morgan fingerprint density at radius 3 is 2.33 bits per heavy atom. The van der Waals surface area contributed by atoms with Gasteiger partial charge in [-0.05, 0) is 57.8 Å². The number of hydrogen-bond acceptors (Lipinski definition) is 1. The summed E-state index contributed by atoms with van der Waals surface area (Å²) in [5, 5.41) is 3.21. The highest BCUT2D eigenvalue weighted by Gasteiger charge is 1.99. The summed E-state index contributed by atoms with van der Waals surface area (Å²) in [5.41, 5.74) is 4.26. The maximum Gasteiger partial charge on any atom is -0.00114 e. The zero-order valence-electron chi connectivity index (χ0n) is 12.8. The minimum Gasteiger partial charge on any atom is -0.319 e. The lowest BCUT2D eigenvalue weighted by molar-refractivity contribution is 0.667. The van der Waals surface area contributed by atoms with Crippen LogP contribution in [0.2, 0.25) is 0 Å². The van der Waals surface area contributed by atoms with Crippen LogP contribution in [0.5, 0.6) is 0 Å². The van der Waals surface area contributed by atoms with Crippen LogP contribution in [0.15, 0.2) is 35.5 Å². The van der Waals surface area contributed by atoms with Gasteiger partial charge in [0.25, 0.3) is 0 Å². The lowest BCUT2D eigenvalue weighted by Gasteiger charge is -2.08. The minimum absolute atomic E-state index is 1.04. The van der Waals surface area contributed by atoms with E-state index in [-0.39, 0.29) is 0 Å². The van der Waals surface area contributed by atoms with Gasteiger partial charge < -0.3 is 5.32 Å². The first-order valence-electron chi connectivity index (χ1n) is 7.29. The van der Waals surface area contributed by atoms with Crippen LogP contribution in [-0.2, 0) is 0 Å². The summed E-state index contributed by atoms with van der Waals surface area (Å²) in [4.78, 5) is 0. The number of rotatable bonds is 10. The third kappa shape index (κ3) is 8.30. The SMILES string of the molecule is C=C/C(=C\C(CCNC)=C(C)C)CCCCCC. The summed E-state index contributed by atoms with van der Waals surface area (Å²) in [6, 6.07) is 0. The molecule has 0 aliphatic rings. The minimum atomic E-state index is 1.04. The molecular formula is C17H31N. The molecule has 1 nitrogen and oxygen atoms in total. The molecular weight excluding hydrogens is 218 g/mol. The van der Waals surface area contributed by atoms with Gasteiger partial charge in [0.05, 0.1) is 0 Å². The average Bonchev–Trinajstić information content (AvgIpc) is 2.36. The summed E-state index contributed by atoms with van der Waals surface area (Å²) in [7, 11) is 2.01. The van der Waals surface area contributed by atoms with Crippen LogP contribution in [-0.4, -0.2) is 13.6 Å². The number of unbranched alkanes of at least 4 members (excludes halogenated alkanes) is 3. The topological polar surface area (TPSA) is 12.0 Å². The van der Waals surface area contributed by atoms with E-state index >= 15 is 0 Å². The zero-order valence-corrected chi connectivity index (χ0v) is 12.8. The molecule has 0 bridgehead atoms. The van der Waals surface area contributed by atoms with Crippen molar-refractivity contribution in [1.82, 2.24) is 5.32 Å². The molecule has 0 spiro atoms. The van der Waals surface area contributed by atoms with E-state index in [2.05, 4.69) is 38.7 Å². The number of allylic oxidation sites excluding steroid dienone is 4. The van der Waals surface area contributed by atoms with Gasteiger partial charge in [0, 0.05) is 0 Å². The molecule has 1 heteroatoms. The molecule has 0 heterocycles. The Labute approximate surface area is 114 Å². The molecule has 0 unspecified atom stereocenters. The summed E-state index contributed by atoms with van der Waals surface area (Å²) < 4.78 is 0. The van der Waals surface area contributed by atoms with Gasteiger partial charge in [-0.1, -0.05) is 50.5 Å². The monoisotopic (exact) mass is 249 g/mol. The third-order valence-electron chi connectivity index (χ3n) is 3.23. The molecule has 104 valence electrons. The first kappa shape index (κ1) is 17.2. The molecule has 1 N–H and O–H groups in total. The van der Waals surface area contributed by atoms with Crippen molar-refractivity contribution in [1.29, 1.82) is 0 Å². The first-order valence-corrected chi connectivity index (χ1v) is 7.29. The van der Waals surface area contributed by atoms with Crippen LogP contribution >= 0.6 is 0 Å². The van der Waals surface area contributed by atoms with Crippen LogP contribution < -0.4 is 5.32 Å². The second-order valence-electron chi connectivity index (χ2n) is 5.11. The van der Waals surface area contributed by atoms with Crippen molar-refractivity contribution in [2.45, 2.75) is 59.3 Å². The number of hydrogen-bond donors (Lipinski definition) is 1. The van der Waals surface area contributed by atoms with Crippen molar-refractivity contribution in [3.8, 4) is 0 Å². The van der Waals surface area contributed by atoms with E-state index in [0.717, 1.165) is 13.0 Å². The van der Waals surface area contributed by atoms with E-state index in [9.17, 15) is 0 Å². The Bertz CT molecular complexity index is 280. The normalized spacial score (nSPS) is 11.4. The van der Waals surface area contributed by atoms with Crippen LogP contribution in [0.4, 0.5) is 0 Å². The molecule has 0 radical (unpaired) electrons. The van der Waals surface area contributed by atoms with Gasteiger partial charge in [0.2, 0.25) is 0 Å². The standard InChI is InChI=1S/C17H31N/c1-6-8-9-10-11-16(7-2)14-17(15(3)4)12-13-18-5/h7,14,18H,2,6,8-13H2,1,3-5H3/b16-14+. The van der Waals surface area contributed by atoms with E-state index in [1.54, 1.807) is 0 Å². The number of nitrogens with one attached hydrogen (secondary N) is 1. The molecule has 0 amide bonds. The maximum absolute atomic E-state index is 3.95. The molecule has 0 fully saturated rings. The summed E-state index contributed by atoms with van der Waals surface area (Å²) in [6.07, 6.45) is 11.9. The van der Waals surface area contributed by atoms with E-state index < -0.39 is 0 Å². The third-order valence-corrected chi connectivity index (χ3v) is 3.23. The van der Waals surface area contributed by atoms with Crippen molar-refractivity contribution in [3.63, 3.8) is 0 Å². The van der Waals surface area contributed by atoms with Crippen molar-refractivity contribution >= 4 is 0 Å². The Morgan fingerprint density at radius 1 is 1.11 bits per heavy atom. The van der Waals surface area contributed by atoms with Gasteiger partial charge >= 0.3 is 0 Å². The van der Waals surface area contributed by atoms with E-state index in [1.165, 1.54) is 48.8 Å².